The van der Waals surface area contributed by atoms with E-state index in [0.717, 1.165) is 0 Å². The predicted molar refractivity (Wildman–Crippen MR) is 74.6 cm³/mol. The number of piperidine rings is 1. The zero-order valence-corrected chi connectivity index (χ0v) is 12.8. The zero-order valence-electron chi connectivity index (χ0n) is 12.0. The van der Waals surface area contributed by atoms with Crippen molar-refractivity contribution in [2.45, 2.75) is 31.7 Å². The molecule has 0 aromatic heterocycles. The molecule has 2 aliphatic heterocycles. The van der Waals surface area contributed by atoms with Gasteiger partial charge in [0.15, 0.2) is 0 Å². The average Bonchev–Trinajstić information content (AvgIpc) is 2.96. The van der Waals surface area contributed by atoms with E-state index < -0.39 is 28.1 Å². The minimum atomic E-state index is -3.79. The molecule has 120 valence electrons. The molecule has 9 heteroatoms. The second kappa shape index (κ2) is 6.29. The fourth-order valence-corrected chi connectivity index (χ4v) is 4.85. The van der Waals surface area contributed by atoms with Crippen molar-refractivity contribution in [2.24, 2.45) is 5.92 Å². The Bertz CT molecular complexity index is 521. The van der Waals surface area contributed by atoms with Crippen molar-refractivity contribution in [3.63, 3.8) is 0 Å². The van der Waals surface area contributed by atoms with Crippen molar-refractivity contribution in [1.29, 1.82) is 0 Å². The van der Waals surface area contributed by atoms with Crippen LogP contribution in [-0.4, -0.2) is 66.7 Å². The Kier molecular flexibility index (Phi) is 4.84. The fourth-order valence-electron chi connectivity index (χ4n) is 2.95. The molecule has 2 aliphatic rings. The highest BCUT2D eigenvalue weighted by molar-refractivity contribution is 7.86. The van der Waals surface area contributed by atoms with Crippen molar-refractivity contribution >= 4 is 22.1 Å². The first-order chi connectivity index (χ1) is 9.87. The number of carbonyl (C=O) groups is 2. The lowest BCUT2D eigenvalue weighted by atomic mass is 10.0. The van der Waals surface area contributed by atoms with E-state index in [1.807, 2.05) is 0 Å². The summed E-state index contributed by atoms with van der Waals surface area (Å²) in [6, 6.07) is -0.690. The third-order valence-corrected chi connectivity index (χ3v) is 6.12. The standard InChI is InChI=1S/C12H21N3O5S/c1-13-11(16)10-5-3-7-15(10)21(19,20)14-6-2-4-9(8-14)12(17)18/h9-10H,2-8H2,1H3,(H,13,16)(H,17,18). The summed E-state index contributed by atoms with van der Waals surface area (Å²) in [6.45, 7) is 0.590. The zero-order chi connectivity index (χ0) is 15.6. The van der Waals surface area contributed by atoms with Gasteiger partial charge in [0.25, 0.3) is 10.2 Å². The molecular formula is C12H21N3O5S. The van der Waals surface area contributed by atoms with Gasteiger partial charge in [-0.25, -0.2) is 0 Å². The summed E-state index contributed by atoms with van der Waals surface area (Å²) in [4.78, 5) is 22.9. The summed E-state index contributed by atoms with van der Waals surface area (Å²) in [6.07, 6.45) is 2.14. The summed E-state index contributed by atoms with van der Waals surface area (Å²) < 4.78 is 27.7. The van der Waals surface area contributed by atoms with Gasteiger partial charge in [-0.3, -0.25) is 9.59 Å². The minimum Gasteiger partial charge on any atom is -0.481 e. The van der Waals surface area contributed by atoms with E-state index in [-0.39, 0.29) is 12.5 Å². The van der Waals surface area contributed by atoms with Gasteiger partial charge in [-0.15, -0.1) is 0 Å². The van der Waals surface area contributed by atoms with E-state index >= 15 is 0 Å². The molecule has 0 radical (unpaired) electrons. The van der Waals surface area contributed by atoms with Crippen LogP contribution in [0.25, 0.3) is 0 Å². The molecule has 0 spiro atoms. The van der Waals surface area contributed by atoms with Gasteiger partial charge in [0.2, 0.25) is 5.91 Å². The lowest BCUT2D eigenvalue weighted by Gasteiger charge is -2.34. The third kappa shape index (κ3) is 3.19. The van der Waals surface area contributed by atoms with E-state index in [1.165, 1.54) is 15.7 Å². The lowest BCUT2D eigenvalue weighted by Crippen LogP contribution is -2.53. The van der Waals surface area contributed by atoms with E-state index in [9.17, 15) is 18.0 Å². The molecule has 0 saturated carbocycles. The van der Waals surface area contributed by atoms with Crippen LogP contribution in [0.15, 0.2) is 0 Å². The van der Waals surface area contributed by atoms with E-state index in [1.54, 1.807) is 0 Å². The molecule has 2 atom stereocenters. The number of carbonyl (C=O) groups excluding carboxylic acids is 1. The molecule has 2 N–H and O–H groups in total. The number of carboxylic acid groups (broad SMARTS) is 1. The van der Waals surface area contributed by atoms with Gasteiger partial charge in [0, 0.05) is 26.7 Å². The van der Waals surface area contributed by atoms with Crippen LogP contribution in [0, 0.1) is 5.92 Å². The van der Waals surface area contributed by atoms with Crippen LogP contribution in [0.2, 0.25) is 0 Å². The summed E-state index contributed by atoms with van der Waals surface area (Å²) in [5.41, 5.74) is 0. The first kappa shape index (κ1) is 16.2. The number of rotatable bonds is 4. The van der Waals surface area contributed by atoms with Crippen molar-refractivity contribution in [1.82, 2.24) is 13.9 Å². The number of nitrogens with zero attached hydrogens (tertiary/aromatic N) is 2. The molecule has 2 heterocycles. The van der Waals surface area contributed by atoms with Crippen LogP contribution in [0.4, 0.5) is 0 Å². The third-order valence-electron chi connectivity index (χ3n) is 4.11. The maximum absolute atomic E-state index is 12.7. The van der Waals surface area contributed by atoms with Crippen molar-refractivity contribution < 1.29 is 23.1 Å². The summed E-state index contributed by atoms with van der Waals surface area (Å²) in [7, 11) is -2.31. The second-order valence-corrected chi connectivity index (χ2v) is 7.31. The maximum atomic E-state index is 12.7. The highest BCUT2D eigenvalue weighted by Crippen LogP contribution is 2.27. The predicted octanol–water partition coefficient (Wildman–Crippen LogP) is -0.762. The number of hydrogen-bond acceptors (Lipinski definition) is 4. The van der Waals surface area contributed by atoms with Crippen molar-refractivity contribution in [3.8, 4) is 0 Å². The van der Waals surface area contributed by atoms with Gasteiger partial charge in [0.05, 0.1) is 5.92 Å². The smallest absolute Gasteiger partial charge is 0.307 e. The summed E-state index contributed by atoms with van der Waals surface area (Å²) >= 11 is 0. The van der Waals surface area contributed by atoms with Gasteiger partial charge in [0.1, 0.15) is 6.04 Å². The Morgan fingerprint density at radius 1 is 1.19 bits per heavy atom. The Hall–Kier alpha value is -1.19. The number of carboxylic acids is 1. The molecule has 1 amide bonds. The van der Waals surface area contributed by atoms with Crippen LogP contribution >= 0.6 is 0 Å². The molecule has 8 nitrogen and oxygen atoms in total. The van der Waals surface area contributed by atoms with Gasteiger partial charge >= 0.3 is 5.97 Å². The van der Waals surface area contributed by atoms with Gasteiger partial charge < -0.3 is 10.4 Å². The van der Waals surface area contributed by atoms with Crippen LogP contribution in [0.1, 0.15) is 25.7 Å². The average molecular weight is 319 g/mol. The number of aliphatic carboxylic acids is 1. The normalized spacial score (nSPS) is 28.4. The summed E-state index contributed by atoms with van der Waals surface area (Å²) in [5, 5.41) is 11.5. The molecule has 0 aliphatic carbocycles. The molecule has 21 heavy (non-hydrogen) atoms. The first-order valence-electron chi connectivity index (χ1n) is 7.09. The monoisotopic (exact) mass is 319 g/mol. The molecule has 0 aromatic carbocycles. The second-order valence-electron chi connectivity index (χ2n) is 5.43. The Balaban J connectivity index is 2.17. The Morgan fingerprint density at radius 3 is 2.48 bits per heavy atom. The highest BCUT2D eigenvalue weighted by Gasteiger charge is 2.43. The summed E-state index contributed by atoms with van der Waals surface area (Å²) in [5.74, 6) is -1.96. The number of nitrogens with one attached hydrogen (secondary N) is 1. The quantitative estimate of drug-likeness (QED) is 0.708. The number of hydrogen-bond donors (Lipinski definition) is 2. The van der Waals surface area contributed by atoms with Gasteiger partial charge in [-0.05, 0) is 25.7 Å². The maximum Gasteiger partial charge on any atom is 0.307 e. The minimum absolute atomic E-state index is 0.0192. The van der Waals surface area contributed by atoms with Crippen LogP contribution in [0.5, 0.6) is 0 Å². The van der Waals surface area contributed by atoms with Crippen molar-refractivity contribution in [3.05, 3.63) is 0 Å². The van der Waals surface area contributed by atoms with E-state index in [2.05, 4.69) is 5.32 Å². The largest absolute Gasteiger partial charge is 0.481 e. The number of likely N-dealkylation sites (N-methyl/N-ethyl adjacent to an activating group) is 1. The number of amides is 1. The molecule has 2 saturated heterocycles. The SMILES string of the molecule is CNC(=O)C1CCCN1S(=O)(=O)N1CCCC(C(=O)O)C1. The first-order valence-corrected chi connectivity index (χ1v) is 8.49. The van der Waals surface area contributed by atoms with Crippen molar-refractivity contribution in [2.75, 3.05) is 26.7 Å². The van der Waals surface area contributed by atoms with E-state index in [0.29, 0.717) is 38.8 Å². The highest BCUT2D eigenvalue weighted by atomic mass is 32.2. The van der Waals surface area contributed by atoms with Crippen LogP contribution < -0.4 is 5.32 Å². The van der Waals surface area contributed by atoms with E-state index in [4.69, 9.17) is 5.11 Å². The molecular weight excluding hydrogens is 298 g/mol. The molecule has 0 bridgehead atoms. The topological polar surface area (TPSA) is 107 Å². The molecule has 2 rings (SSSR count). The van der Waals surface area contributed by atoms with Gasteiger partial charge in [-0.1, -0.05) is 0 Å². The van der Waals surface area contributed by atoms with Crippen LogP contribution in [0.3, 0.4) is 0 Å². The molecule has 2 fully saturated rings. The van der Waals surface area contributed by atoms with Crippen LogP contribution in [-0.2, 0) is 19.8 Å². The Morgan fingerprint density at radius 2 is 1.86 bits per heavy atom. The Labute approximate surface area is 124 Å². The molecule has 0 aromatic rings. The molecule has 2 unspecified atom stereocenters. The lowest BCUT2D eigenvalue weighted by molar-refractivity contribution is -0.143. The fraction of sp³-hybridized carbons (Fsp3) is 0.833. The van der Waals surface area contributed by atoms with Gasteiger partial charge in [-0.2, -0.15) is 17.0 Å².